The molecule has 4 aromatic rings. The molecule has 168 valence electrons. The van der Waals surface area contributed by atoms with Gasteiger partial charge in [0.1, 0.15) is 16.8 Å². The third kappa shape index (κ3) is 5.57. The molecule has 1 amide bonds. The maximum atomic E-state index is 12.6. The zero-order valence-corrected chi connectivity index (χ0v) is 19.9. The van der Waals surface area contributed by atoms with Crippen molar-refractivity contribution in [1.29, 1.82) is 5.26 Å². The van der Waals surface area contributed by atoms with Gasteiger partial charge >= 0.3 is 0 Å². The second kappa shape index (κ2) is 10.9. The fraction of sp³-hybridized carbons (Fsp3) is 0.0741. The number of halogens is 1. The Hall–Kier alpha value is -3.79. The average Bonchev–Trinajstić information content (AvgIpc) is 2.88. The van der Waals surface area contributed by atoms with E-state index in [-0.39, 0.29) is 11.7 Å². The lowest BCUT2D eigenvalue weighted by Gasteiger charge is -2.13. The molecule has 34 heavy (non-hydrogen) atoms. The number of rotatable bonds is 7. The van der Waals surface area contributed by atoms with Gasteiger partial charge in [-0.25, -0.2) is 4.98 Å². The number of pyridine rings is 1. The smallest absolute Gasteiger partial charge is 0.234 e. The second-order valence-corrected chi connectivity index (χ2v) is 8.69. The van der Waals surface area contributed by atoms with Gasteiger partial charge in [-0.1, -0.05) is 65.8 Å². The molecule has 0 aliphatic heterocycles. The zero-order valence-electron chi connectivity index (χ0n) is 18.3. The largest absolute Gasteiger partial charge is 0.497 e. The number of hydrogen-bond donors (Lipinski definition) is 1. The number of amides is 1. The van der Waals surface area contributed by atoms with Crippen molar-refractivity contribution in [3.05, 3.63) is 95.5 Å². The summed E-state index contributed by atoms with van der Waals surface area (Å²) in [6.45, 7) is 0. The highest BCUT2D eigenvalue weighted by molar-refractivity contribution is 8.00. The van der Waals surface area contributed by atoms with Crippen molar-refractivity contribution in [2.24, 2.45) is 0 Å². The molecule has 0 aliphatic carbocycles. The molecule has 0 aliphatic rings. The minimum Gasteiger partial charge on any atom is -0.497 e. The maximum absolute atomic E-state index is 12.6. The van der Waals surface area contributed by atoms with E-state index in [0.29, 0.717) is 32.7 Å². The van der Waals surface area contributed by atoms with Crippen LogP contribution in [0.4, 0.5) is 5.69 Å². The van der Waals surface area contributed by atoms with E-state index in [2.05, 4.69) is 11.4 Å². The summed E-state index contributed by atoms with van der Waals surface area (Å²) in [7, 11) is 1.59. The molecule has 0 saturated heterocycles. The van der Waals surface area contributed by atoms with Crippen molar-refractivity contribution in [3.63, 3.8) is 0 Å². The van der Waals surface area contributed by atoms with Crippen molar-refractivity contribution in [2.45, 2.75) is 5.03 Å². The number of nitrogens with zero attached hydrogens (tertiary/aromatic N) is 2. The molecule has 0 spiro atoms. The summed E-state index contributed by atoms with van der Waals surface area (Å²) in [5.74, 6) is 0.619. The molecule has 1 N–H and O–H groups in total. The van der Waals surface area contributed by atoms with Crippen LogP contribution in [0, 0.1) is 11.3 Å². The molecule has 7 heteroatoms. The lowest BCUT2D eigenvalue weighted by atomic mass is 9.99. The molecule has 0 radical (unpaired) electrons. The number of carbonyl (C=O) groups is 1. The van der Waals surface area contributed by atoms with Gasteiger partial charge in [0.05, 0.1) is 24.1 Å². The van der Waals surface area contributed by atoms with E-state index in [0.717, 1.165) is 16.7 Å². The minimum absolute atomic E-state index is 0.103. The van der Waals surface area contributed by atoms with Crippen LogP contribution in [0.1, 0.15) is 5.56 Å². The zero-order chi connectivity index (χ0) is 23.9. The molecule has 5 nitrogen and oxygen atoms in total. The highest BCUT2D eigenvalue weighted by atomic mass is 35.5. The van der Waals surface area contributed by atoms with E-state index in [1.165, 1.54) is 11.8 Å². The third-order valence-electron chi connectivity index (χ3n) is 5.04. The van der Waals surface area contributed by atoms with Crippen molar-refractivity contribution in [1.82, 2.24) is 4.98 Å². The molecule has 0 saturated carbocycles. The Morgan fingerprint density at radius 2 is 1.74 bits per heavy atom. The van der Waals surface area contributed by atoms with Gasteiger partial charge in [0.2, 0.25) is 5.91 Å². The van der Waals surface area contributed by atoms with Gasteiger partial charge in [-0.15, -0.1) is 0 Å². The van der Waals surface area contributed by atoms with Crippen LogP contribution in [-0.4, -0.2) is 23.8 Å². The molecule has 0 bridgehead atoms. The van der Waals surface area contributed by atoms with Gasteiger partial charge in [0.15, 0.2) is 0 Å². The molecular weight excluding hydrogens is 466 g/mol. The average molecular weight is 486 g/mol. The topological polar surface area (TPSA) is 75.0 Å². The minimum atomic E-state index is -0.195. The number of methoxy groups -OCH3 is 1. The van der Waals surface area contributed by atoms with Crippen molar-refractivity contribution < 1.29 is 9.53 Å². The van der Waals surface area contributed by atoms with E-state index >= 15 is 0 Å². The van der Waals surface area contributed by atoms with Crippen LogP contribution >= 0.6 is 23.4 Å². The van der Waals surface area contributed by atoms with Gasteiger partial charge in [-0.3, -0.25) is 4.79 Å². The summed E-state index contributed by atoms with van der Waals surface area (Å²) < 4.78 is 5.14. The molecule has 0 atom stereocenters. The first-order valence-corrected chi connectivity index (χ1v) is 11.8. The molecule has 3 aromatic carbocycles. The predicted molar refractivity (Wildman–Crippen MR) is 137 cm³/mol. The third-order valence-corrected chi connectivity index (χ3v) is 6.26. The van der Waals surface area contributed by atoms with Crippen LogP contribution in [-0.2, 0) is 4.79 Å². The normalized spacial score (nSPS) is 10.4. The van der Waals surface area contributed by atoms with Gasteiger partial charge in [-0.05, 0) is 48.0 Å². The number of ether oxygens (including phenoxy) is 1. The van der Waals surface area contributed by atoms with Gasteiger partial charge in [-0.2, -0.15) is 5.26 Å². The molecule has 1 heterocycles. The number of nitriles is 1. The predicted octanol–water partition coefficient (Wildman–Crippen LogP) is 6.68. The Bertz CT molecular complexity index is 1340. The Labute approximate surface area is 207 Å². The van der Waals surface area contributed by atoms with Gasteiger partial charge in [0.25, 0.3) is 0 Å². The SMILES string of the molecule is COc1ccc(NC(=O)CSc2nc(-c3ccc(Cl)cc3)cc(-c3ccccc3)c2C#N)cc1. The van der Waals surface area contributed by atoms with E-state index in [1.54, 1.807) is 43.5 Å². The van der Waals surface area contributed by atoms with E-state index in [9.17, 15) is 10.1 Å². The van der Waals surface area contributed by atoms with Crippen LogP contribution in [0.5, 0.6) is 5.75 Å². The van der Waals surface area contributed by atoms with Crippen LogP contribution in [0.3, 0.4) is 0 Å². The number of thioether (sulfide) groups is 1. The van der Waals surface area contributed by atoms with Crippen LogP contribution in [0.25, 0.3) is 22.4 Å². The Morgan fingerprint density at radius 3 is 2.38 bits per heavy atom. The van der Waals surface area contributed by atoms with E-state index in [1.807, 2.05) is 48.5 Å². The quantitative estimate of drug-likeness (QED) is 0.295. The Balaban J connectivity index is 1.64. The van der Waals surface area contributed by atoms with E-state index in [4.69, 9.17) is 21.3 Å². The number of hydrogen-bond acceptors (Lipinski definition) is 5. The summed E-state index contributed by atoms with van der Waals surface area (Å²) in [6, 6.07) is 28.3. The fourth-order valence-corrected chi connectivity index (χ4v) is 4.28. The van der Waals surface area contributed by atoms with Crippen molar-refractivity contribution in [2.75, 3.05) is 18.2 Å². The number of anilines is 1. The van der Waals surface area contributed by atoms with Gasteiger partial charge < -0.3 is 10.1 Å². The molecule has 0 fully saturated rings. The summed E-state index contributed by atoms with van der Waals surface area (Å²) in [6.07, 6.45) is 0. The Kier molecular flexibility index (Phi) is 7.48. The molecular formula is C27H20ClN3O2S. The monoisotopic (exact) mass is 485 g/mol. The molecule has 1 aromatic heterocycles. The highest BCUT2D eigenvalue weighted by Gasteiger charge is 2.17. The van der Waals surface area contributed by atoms with Gasteiger partial charge in [0, 0.05) is 21.8 Å². The number of nitrogens with one attached hydrogen (secondary N) is 1. The van der Waals surface area contributed by atoms with Crippen LogP contribution in [0.15, 0.2) is 90.0 Å². The second-order valence-electron chi connectivity index (χ2n) is 7.29. The van der Waals surface area contributed by atoms with E-state index < -0.39 is 0 Å². The lowest BCUT2D eigenvalue weighted by Crippen LogP contribution is -2.14. The first kappa shape index (κ1) is 23.4. The van der Waals surface area contributed by atoms with Crippen molar-refractivity contribution in [3.8, 4) is 34.2 Å². The maximum Gasteiger partial charge on any atom is 0.234 e. The number of aromatic nitrogens is 1. The summed E-state index contributed by atoms with van der Waals surface area (Å²) in [5, 5.41) is 14.0. The standard InChI is InChI=1S/C27H20ClN3O2S/c1-33-22-13-11-21(12-14-22)30-26(32)17-34-27-24(16-29)23(18-5-3-2-4-6-18)15-25(31-27)19-7-9-20(28)10-8-19/h2-15H,17H2,1H3,(H,30,32). The molecule has 0 unspecified atom stereocenters. The van der Waals surface area contributed by atoms with Crippen LogP contribution < -0.4 is 10.1 Å². The number of carbonyl (C=O) groups excluding carboxylic acids is 1. The van der Waals surface area contributed by atoms with Crippen LogP contribution in [0.2, 0.25) is 5.02 Å². The first-order chi connectivity index (χ1) is 16.6. The highest BCUT2D eigenvalue weighted by Crippen LogP contribution is 2.34. The summed E-state index contributed by atoms with van der Waals surface area (Å²) >= 11 is 7.29. The lowest BCUT2D eigenvalue weighted by molar-refractivity contribution is -0.113. The summed E-state index contributed by atoms with van der Waals surface area (Å²) in [4.78, 5) is 17.3. The van der Waals surface area contributed by atoms with Crippen molar-refractivity contribution >= 4 is 35.0 Å². The fourth-order valence-electron chi connectivity index (χ4n) is 3.35. The summed E-state index contributed by atoms with van der Waals surface area (Å²) in [5.41, 5.74) is 4.34. The Morgan fingerprint density at radius 1 is 1.03 bits per heavy atom. The molecule has 4 rings (SSSR count). The first-order valence-electron chi connectivity index (χ1n) is 10.4. The number of benzene rings is 3.